The first-order valence-electron chi connectivity index (χ1n) is 9.77. The molecule has 0 aliphatic rings. The Morgan fingerprint density at radius 3 is 2.84 bits per heavy atom. The lowest BCUT2D eigenvalue weighted by Gasteiger charge is -2.09. The molecular weight excluding hydrogens is 431 g/mol. The van der Waals surface area contributed by atoms with Crippen molar-refractivity contribution in [2.75, 3.05) is 0 Å². The molecule has 0 radical (unpaired) electrons. The summed E-state index contributed by atoms with van der Waals surface area (Å²) in [6, 6.07) is 14.5. The van der Waals surface area contributed by atoms with Gasteiger partial charge in [0.1, 0.15) is 5.52 Å². The minimum atomic E-state index is -0.455. The molecule has 1 N–H and O–H groups in total. The van der Waals surface area contributed by atoms with Crippen LogP contribution < -0.4 is 0 Å². The SMILES string of the molecule is Fc1cc(-c2ccnn2Cc2ccc(Cl)cn2)cc2c1nnn2-c1ccc2cn[nH]c2c1. The maximum absolute atomic E-state index is 15.0. The molecule has 6 rings (SSSR count). The highest BCUT2D eigenvalue weighted by atomic mass is 35.5. The lowest BCUT2D eigenvalue weighted by molar-refractivity contribution is 0.635. The molecule has 0 aliphatic heterocycles. The smallest absolute Gasteiger partial charge is 0.153 e. The fraction of sp³-hybridized carbons (Fsp3) is 0.0455. The summed E-state index contributed by atoms with van der Waals surface area (Å²) in [5, 5.41) is 21.1. The van der Waals surface area contributed by atoms with E-state index in [1.807, 2.05) is 36.4 Å². The van der Waals surface area contributed by atoms with E-state index in [4.69, 9.17) is 11.6 Å². The molecule has 6 aromatic rings. The molecule has 0 atom stereocenters. The van der Waals surface area contributed by atoms with Crippen molar-refractivity contribution in [3.63, 3.8) is 0 Å². The highest BCUT2D eigenvalue weighted by Crippen LogP contribution is 2.28. The van der Waals surface area contributed by atoms with Gasteiger partial charge in [0.25, 0.3) is 0 Å². The molecule has 0 aliphatic carbocycles. The van der Waals surface area contributed by atoms with Gasteiger partial charge in [-0.1, -0.05) is 16.8 Å². The highest BCUT2D eigenvalue weighted by Gasteiger charge is 2.16. The number of nitrogens with zero attached hydrogens (tertiary/aromatic N) is 7. The summed E-state index contributed by atoms with van der Waals surface area (Å²) in [4.78, 5) is 4.32. The van der Waals surface area contributed by atoms with Crippen LogP contribution in [0.5, 0.6) is 0 Å². The van der Waals surface area contributed by atoms with E-state index in [1.165, 1.54) is 6.07 Å². The Hall–Kier alpha value is -4.11. The molecule has 10 heteroatoms. The summed E-state index contributed by atoms with van der Waals surface area (Å²) in [6.07, 6.45) is 5.01. The predicted molar refractivity (Wildman–Crippen MR) is 118 cm³/mol. The van der Waals surface area contributed by atoms with Crippen LogP contribution >= 0.6 is 11.6 Å². The second kappa shape index (κ2) is 7.24. The fourth-order valence-electron chi connectivity index (χ4n) is 3.74. The van der Waals surface area contributed by atoms with Gasteiger partial charge in [0, 0.05) is 23.3 Å². The number of aromatic nitrogens is 8. The number of fused-ring (bicyclic) bond motifs is 2. The lowest BCUT2D eigenvalue weighted by Crippen LogP contribution is -2.05. The van der Waals surface area contributed by atoms with E-state index in [0.29, 0.717) is 22.6 Å². The molecule has 0 amide bonds. The summed E-state index contributed by atoms with van der Waals surface area (Å²) >= 11 is 5.93. The van der Waals surface area contributed by atoms with Gasteiger partial charge in [-0.25, -0.2) is 9.07 Å². The number of pyridine rings is 1. The van der Waals surface area contributed by atoms with Crippen LogP contribution in [0.4, 0.5) is 4.39 Å². The Bertz CT molecular complexity index is 1580. The third kappa shape index (κ3) is 3.10. The van der Waals surface area contributed by atoms with Gasteiger partial charge in [0.2, 0.25) is 0 Å². The van der Waals surface area contributed by atoms with Crippen molar-refractivity contribution in [3.8, 4) is 16.9 Å². The maximum Gasteiger partial charge on any atom is 0.153 e. The Morgan fingerprint density at radius 2 is 1.97 bits per heavy atom. The molecule has 0 unspecified atom stereocenters. The van der Waals surface area contributed by atoms with E-state index in [1.54, 1.807) is 34.0 Å². The Labute approximate surface area is 185 Å². The van der Waals surface area contributed by atoms with Crippen LogP contribution in [0.25, 0.3) is 38.9 Å². The van der Waals surface area contributed by atoms with Gasteiger partial charge >= 0.3 is 0 Å². The number of hydrogen-bond donors (Lipinski definition) is 1. The molecule has 4 heterocycles. The number of hydrogen-bond acceptors (Lipinski definition) is 5. The fourth-order valence-corrected chi connectivity index (χ4v) is 3.85. The molecule has 0 bridgehead atoms. The number of benzene rings is 2. The quantitative estimate of drug-likeness (QED) is 0.435. The summed E-state index contributed by atoms with van der Waals surface area (Å²) in [5.41, 5.74) is 4.56. The Kier molecular flexibility index (Phi) is 4.22. The van der Waals surface area contributed by atoms with Crippen LogP contribution in [0.2, 0.25) is 5.02 Å². The maximum atomic E-state index is 15.0. The highest BCUT2D eigenvalue weighted by molar-refractivity contribution is 6.30. The number of halogens is 2. The summed E-state index contributed by atoms with van der Waals surface area (Å²) in [6.45, 7) is 0.424. The van der Waals surface area contributed by atoms with Gasteiger partial charge in [-0.15, -0.1) is 5.10 Å². The zero-order chi connectivity index (χ0) is 21.7. The van der Waals surface area contributed by atoms with E-state index in [2.05, 4.69) is 30.6 Å². The molecule has 0 saturated heterocycles. The zero-order valence-corrected chi connectivity index (χ0v) is 17.2. The van der Waals surface area contributed by atoms with Crippen molar-refractivity contribution in [1.29, 1.82) is 0 Å². The predicted octanol–water partition coefficient (Wildman–Crippen LogP) is 4.40. The van der Waals surface area contributed by atoms with E-state index in [9.17, 15) is 4.39 Å². The molecule has 2 aromatic carbocycles. The number of nitrogens with one attached hydrogen (secondary N) is 1. The number of rotatable bonds is 4. The molecule has 8 nitrogen and oxygen atoms in total. The van der Waals surface area contributed by atoms with Gasteiger partial charge in [-0.05, 0) is 48.5 Å². The van der Waals surface area contributed by atoms with Crippen LogP contribution in [0, 0.1) is 5.82 Å². The average molecular weight is 445 g/mol. The standard InChI is InChI=1S/C22H14ClFN8/c23-15-2-3-16(25-11-15)12-31-20(5-6-27-31)14-7-18(24)22-21(8-14)32(30-29-22)17-4-1-13-10-26-28-19(13)9-17/h1-11H,12H2,(H,26,28). The van der Waals surface area contributed by atoms with Crippen molar-refractivity contribution < 1.29 is 4.39 Å². The van der Waals surface area contributed by atoms with E-state index >= 15 is 0 Å². The van der Waals surface area contributed by atoms with E-state index < -0.39 is 5.82 Å². The number of H-pyrrole nitrogens is 1. The summed E-state index contributed by atoms with van der Waals surface area (Å²) in [5.74, 6) is -0.455. The monoisotopic (exact) mass is 444 g/mol. The third-order valence-corrected chi connectivity index (χ3v) is 5.51. The lowest BCUT2D eigenvalue weighted by atomic mass is 10.1. The molecule has 0 fully saturated rings. The van der Waals surface area contributed by atoms with Crippen molar-refractivity contribution in [1.82, 2.24) is 40.0 Å². The minimum absolute atomic E-state index is 0.198. The van der Waals surface area contributed by atoms with Crippen molar-refractivity contribution in [2.24, 2.45) is 0 Å². The third-order valence-electron chi connectivity index (χ3n) is 5.29. The van der Waals surface area contributed by atoms with Crippen molar-refractivity contribution >= 4 is 33.5 Å². The van der Waals surface area contributed by atoms with Crippen LogP contribution in [-0.4, -0.2) is 40.0 Å². The van der Waals surface area contributed by atoms with Crippen LogP contribution in [0.3, 0.4) is 0 Å². The Balaban J connectivity index is 1.45. The van der Waals surface area contributed by atoms with Gasteiger partial charge in [-0.3, -0.25) is 14.8 Å². The molecule has 0 saturated carbocycles. The normalized spacial score (nSPS) is 11.6. The van der Waals surface area contributed by atoms with Gasteiger partial charge < -0.3 is 0 Å². The second-order valence-corrected chi connectivity index (χ2v) is 7.75. The van der Waals surface area contributed by atoms with Crippen LogP contribution in [0.1, 0.15) is 5.69 Å². The molecular formula is C22H14ClFN8. The van der Waals surface area contributed by atoms with Crippen LogP contribution in [-0.2, 0) is 6.54 Å². The van der Waals surface area contributed by atoms with Gasteiger partial charge in [0.05, 0.1) is 45.9 Å². The average Bonchev–Trinajstić information content (AvgIpc) is 3.54. The largest absolute Gasteiger partial charge is 0.278 e. The molecule has 32 heavy (non-hydrogen) atoms. The zero-order valence-electron chi connectivity index (χ0n) is 16.4. The van der Waals surface area contributed by atoms with Gasteiger partial charge in [0.15, 0.2) is 5.82 Å². The van der Waals surface area contributed by atoms with E-state index in [0.717, 1.165) is 28.0 Å². The first-order chi connectivity index (χ1) is 15.7. The first-order valence-corrected chi connectivity index (χ1v) is 10.1. The Morgan fingerprint density at radius 1 is 1.03 bits per heavy atom. The second-order valence-electron chi connectivity index (χ2n) is 7.31. The summed E-state index contributed by atoms with van der Waals surface area (Å²) < 4.78 is 18.4. The van der Waals surface area contributed by atoms with Crippen LogP contribution in [0.15, 0.2) is 67.1 Å². The molecule has 4 aromatic heterocycles. The molecule has 0 spiro atoms. The first kappa shape index (κ1) is 18.6. The molecule has 156 valence electrons. The summed E-state index contributed by atoms with van der Waals surface area (Å²) in [7, 11) is 0. The van der Waals surface area contributed by atoms with Gasteiger partial charge in [-0.2, -0.15) is 10.2 Å². The van der Waals surface area contributed by atoms with Crippen molar-refractivity contribution in [3.05, 3.63) is 83.7 Å². The minimum Gasteiger partial charge on any atom is -0.278 e. The van der Waals surface area contributed by atoms with E-state index in [-0.39, 0.29) is 5.52 Å². The van der Waals surface area contributed by atoms with Crippen molar-refractivity contribution in [2.45, 2.75) is 6.54 Å². The topological polar surface area (TPSA) is 90.1 Å². The number of aromatic amines is 1.